The number of rotatable bonds is 6. The molecule has 464 valence electrons. The third kappa shape index (κ3) is 9.55. The van der Waals surface area contributed by atoms with Crippen LogP contribution in [-0.4, -0.2) is 6.85 Å². The van der Waals surface area contributed by atoms with Crippen LogP contribution in [0, 0.1) is 0 Å². The van der Waals surface area contributed by atoms with E-state index in [1.165, 1.54) is 113 Å². The van der Waals surface area contributed by atoms with Gasteiger partial charge in [0, 0.05) is 85.4 Å². The SMILES string of the molecule is CC(C)(C)c1ccc(N2B3c4sc5cc6c(cc5c4N(c4ccc(C(C)(C)C)cc4-c4ccccc4)c4c3c(cc3c4oc4ccccc43)-c3cc4c(cc32)sc2ccc(N(c3ccc(C(C)(C)C)cc3)c3ccc(C(C)(C)C)cc3)cc24)C(C)(C)CCC6(C)C)cc1. The molecule has 0 spiro atoms. The molecule has 0 radical (unpaired) electrons. The molecule has 3 aromatic heterocycles. The lowest BCUT2D eigenvalue weighted by atomic mass is 9.46. The molecule has 7 heteroatoms. The Kier molecular flexibility index (Phi) is 13.2. The minimum Gasteiger partial charge on any atom is -0.454 e. The lowest BCUT2D eigenvalue weighted by molar-refractivity contribution is 0.332. The average Bonchev–Trinajstić information content (AvgIpc) is 1.63. The molecule has 0 bridgehead atoms. The minimum absolute atomic E-state index is 0.0112. The highest BCUT2D eigenvalue weighted by Gasteiger charge is 2.50. The predicted octanol–water partition coefficient (Wildman–Crippen LogP) is 24.6. The Morgan fingerprint density at radius 1 is 0.419 bits per heavy atom. The minimum atomic E-state index is -0.224. The number of hydrogen-bond donors (Lipinski definition) is 0. The van der Waals surface area contributed by atoms with Crippen molar-refractivity contribution < 1.29 is 4.42 Å². The highest BCUT2D eigenvalue weighted by Crippen LogP contribution is 2.58. The average molecular weight is 1250 g/mol. The van der Waals surface area contributed by atoms with Crippen LogP contribution in [0.2, 0.25) is 0 Å². The van der Waals surface area contributed by atoms with Crippen LogP contribution >= 0.6 is 22.7 Å². The molecule has 0 saturated carbocycles. The van der Waals surface area contributed by atoms with Gasteiger partial charge in [0.2, 0.25) is 0 Å². The van der Waals surface area contributed by atoms with Gasteiger partial charge in [0.25, 0.3) is 0 Å². The smallest absolute Gasteiger partial charge is 0.343 e. The van der Waals surface area contributed by atoms with Gasteiger partial charge in [-0.25, -0.2) is 0 Å². The van der Waals surface area contributed by atoms with Gasteiger partial charge in [-0.2, -0.15) is 0 Å². The molecule has 0 atom stereocenters. The van der Waals surface area contributed by atoms with Crippen LogP contribution in [0.3, 0.4) is 0 Å². The number of anilines is 8. The van der Waals surface area contributed by atoms with Crippen molar-refractivity contribution in [1.82, 2.24) is 0 Å². The molecule has 13 aromatic rings. The van der Waals surface area contributed by atoms with Crippen molar-refractivity contribution in [1.29, 1.82) is 0 Å². The van der Waals surface area contributed by atoms with Gasteiger partial charge in [-0.1, -0.05) is 202 Å². The van der Waals surface area contributed by atoms with E-state index in [0.29, 0.717) is 0 Å². The second-order valence-corrected chi connectivity index (χ2v) is 34.6. The number of benzene rings is 10. The first kappa shape index (κ1) is 59.6. The number of nitrogens with zero attached hydrogens (tertiary/aromatic N) is 3. The first-order valence-corrected chi connectivity index (χ1v) is 35.3. The summed E-state index contributed by atoms with van der Waals surface area (Å²) < 4.78 is 12.7. The third-order valence-corrected chi connectivity index (χ3v) is 23.5. The summed E-state index contributed by atoms with van der Waals surface area (Å²) in [4.78, 5) is 7.89. The van der Waals surface area contributed by atoms with Crippen LogP contribution in [0.4, 0.5) is 45.5 Å². The molecule has 0 amide bonds. The molecule has 3 aliphatic rings. The van der Waals surface area contributed by atoms with Crippen LogP contribution in [0.5, 0.6) is 0 Å². The summed E-state index contributed by atoms with van der Waals surface area (Å²) in [5.41, 5.74) is 25.3. The zero-order valence-corrected chi connectivity index (χ0v) is 58.7. The maximum atomic E-state index is 7.54. The first-order valence-electron chi connectivity index (χ1n) is 33.6. The standard InChI is InChI=1S/C86H84BN3OS2/c1-81(2,3)52-26-33-56(34-27-52)88(57-35-28-53(29-36-57)82(4,5)6)59-39-41-73-63(45-59)64-46-62-65-47-66-60-24-20-21-25-72(60)91-79(66)78-76(65)87(90(71(62)50-75(64)92-73)58-37-30-54(31-38-58)83(7,8)9)80-77(67-48-68-69(49-74(67)93-80)86(15,16)43-42-85(68,13)14)89(78)70-40-32-55(84(10,11)12)44-61(70)51-22-18-17-19-23-51/h17-41,44-50H,42-43H2,1-16H3. The molecule has 0 unspecified atom stereocenters. The third-order valence-electron chi connectivity index (χ3n) is 21.1. The van der Waals surface area contributed by atoms with Crippen LogP contribution in [0.25, 0.3) is 74.5 Å². The molecule has 2 aliphatic heterocycles. The van der Waals surface area contributed by atoms with E-state index in [4.69, 9.17) is 4.42 Å². The van der Waals surface area contributed by atoms with Crippen LogP contribution in [0.1, 0.15) is 157 Å². The molecule has 1 aliphatic carbocycles. The number of thiophene rings is 2. The molecule has 4 nitrogen and oxygen atoms in total. The van der Waals surface area contributed by atoms with Crippen molar-refractivity contribution in [2.24, 2.45) is 0 Å². The zero-order chi connectivity index (χ0) is 64.8. The van der Waals surface area contributed by atoms with E-state index in [1.807, 2.05) is 22.7 Å². The Hall–Kier alpha value is -8.36. The number of para-hydroxylation sites is 1. The molecular weight excluding hydrogens is 1170 g/mol. The van der Waals surface area contributed by atoms with Crippen molar-refractivity contribution in [2.75, 3.05) is 14.6 Å². The van der Waals surface area contributed by atoms with Crippen molar-refractivity contribution in [3.05, 3.63) is 228 Å². The summed E-state index contributed by atoms with van der Waals surface area (Å²) in [6.45, 7) is 37.4. The van der Waals surface area contributed by atoms with E-state index in [2.05, 4.69) is 320 Å². The van der Waals surface area contributed by atoms with Crippen molar-refractivity contribution >= 4 is 137 Å². The van der Waals surface area contributed by atoms with E-state index in [-0.39, 0.29) is 39.3 Å². The van der Waals surface area contributed by atoms with Gasteiger partial charge >= 0.3 is 6.85 Å². The molecule has 0 saturated heterocycles. The molecule has 10 aromatic carbocycles. The van der Waals surface area contributed by atoms with Crippen LogP contribution < -0.4 is 24.9 Å². The van der Waals surface area contributed by atoms with Gasteiger partial charge < -0.3 is 19.0 Å². The predicted molar refractivity (Wildman–Crippen MR) is 406 cm³/mol. The molecule has 0 N–H and O–H groups in total. The Bertz CT molecular complexity index is 5130. The summed E-state index contributed by atoms with van der Waals surface area (Å²) in [5.74, 6) is 0. The Morgan fingerprint density at radius 3 is 1.58 bits per heavy atom. The van der Waals surface area contributed by atoms with Crippen molar-refractivity contribution in [3.63, 3.8) is 0 Å². The fraction of sp³-hybridized carbons (Fsp3) is 0.279. The molecule has 16 rings (SSSR count). The summed E-state index contributed by atoms with van der Waals surface area (Å²) in [5, 5.41) is 6.04. The van der Waals surface area contributed by atoms with Crippen LogP contribution in [-0.2, 0) is 32.5 Å². The van der Waals surface area contributed by atoms with Crippen LogP contribution in [0.15, 0.2) is 199 Å². The topological polar surface area (TPSA) is 22.9 Å². The zero-order valence-electron chi connectivity index (χ0n) is 57.0. The normalized spacial score (nSPS) is 15.3. The molecule has 5 heterocycles. The maximum Gasteiger partial charge on any atom is 0.343 e. The van der Waals surface area contributed by atoms with Gasteiger partial charge in [-0.3, -0.25) is 0 Å². The highest BCUT2D eigenvalue weighted by atomic mass is 32.1. The highest BCUT2D eigenvalue weighted by molar-refractivity contribution is 7.32. The number of fused-ring (bicyclic) bond motifs is 14. The van der Waals surface area contributed by atoms with E-state index in [1.54, 1.807) is 0 Å². The molecular formula is C86H84BN3OS2. The van der Waals surface area contributed by atoms with Gasteiger partial charge in [0.15, 0.2) is 5.58 Å². The van der Waals surface area contributed by atoms with E-state index >= 15 is 0 Å². The second kappa shape index (κ2) is 20.6. The lowest BCUT2D eigenvalue weighted by Gasteiger charge is -2.45. The molecule has 93 heavy (non-hydrogen) atoms. The van der Waals surface area contributed by atoms with E-state index < -0.39 is 0 Å². The monoisotopic (exact) mass is 1250 g/mol. The Balaban J connectivity index is 1.03. The maximum absolute atomic E-state index is 7.54. The van der Waals surface area contributed by atoms with Gasteiger partial charge in [-0.15, -0.1) is 22.7 Å². The largest absolute Gasteiger partial charge is 0.454 e. The van der Waals surface area contributed by atoms with Gasteiger partial charge in [0.1, 0.15) is 5.58 Å². The van der Waals surface area contributed by atoms with E-state index in [9.17, 15) is 0 Å². The van der Waals surface area contributed by atoms with Crippen molar-refractivity contribution in [3.8, 4) is 22.3 Å². The second-order valence-electron chi connectivity index (χ2n) is 32.5. The first-order chi connectivity index (χ1) is 44.1. The summed E-state index contributed by atoms with van der Waals surface area (Å²) in [6.07, 6.45) is 2.28. The van der Waals surface area contributed by atoms with E-state index in [0.717, 1.165) is 63.2 Å². The summed E-state index contributed by atoms with van der Waals surface area (Å²) in [6, 6.07) is 75.4. The molecule has 0 fully saturated rings. The van der Waals surface area contributed by atoms with Crippen molar-refractivity contribution in [2.45, 2.75) is 156 Å². The fourth-order valence-corrected chi connectivity index (χ4v) is 17.9. The Labute approximate surface area is 558 Å². The fourth-order valence-electron chi connectivity index (χ4n) is 15.5. The lowest BCUT2D eigenvalue weighted by Crippen LogP contribution is -2.60. The summed E-state index contributed by atoms with van der Waals surface area (Å²) in [7, 11) is 0. The van der Waals surface area contributed by atoms with Gasteiger partial charge in [-0.05, 0) is 198 Å². The number of hydrogen-bond acceptors (Lipinski definition) is 6. The van der Waals surface area contributed by atoms with Gasteiger partial charge in [0.05, 0.1) is 17.1 Å². The number of furan rings is 1. The quantitative estimate of drug-likeness (QED) is 0.155. The Morgan fingerprint density at radius 2 is 0.957 bits per heavy atom. The summed E-state index contributed by atoms with van der Waals surface area (Å²) >= 11 is 3.92.